The molecule has 2 N–H and O–H groups in total. The minimum atomic E-state index is 0.805. The highest BCUT2D eigenvalue weighted by molar-refractivity contribution is 4.87. The monoisotopic (exact) mass is 168 g/mol. The molecule has 2 aliphatic rings. The smallest absolute Gasteiger partial charge is 0.0136 e. The third kappa shape index (κ3) is 1.50. The molecule has 0 aromatic heterocycles. The number of rotatable bonds is 1. The zero-order valence-electron chi connectivity index (χ0n) is 7.84. The number of nitrogens with zero attached hydrogens (tertiary/aromatic N) is 1. The second kappa shape index (κ2) is 3.75. The summed E-state index contributed by atoms with van der Waals surface area (Å²) in [6.07, 6.45) is 6.99. The lowest BCUT2D eigenvalue weighted by Crippen LogP contribution is -2.49. The highest BCUT2D eigenvalue weighted by Crippen LogP contribution is 2.29. The Balaban J connectivity index is 1.99. The topological polar surface area (TPSA) is 29.3 Å². The van der Waals surface area contributed by atoms with Crippen molar-refractivity contribution in [3.63, 3.8) is 0 Å². The molecule has 0 saturated carbocycles. The fraction of sp³-hybridized carbons (Fsp3) is 1.00. The predicted octanol–water partition coefficient (Wildman–Crippen LogP) is 1.21. The standard InChI is InChI=1S/C10H20N2/c11-8-9-4-3-7-12-6-2-1-5-10(9)12/h9-10H,1-8,11H2/t9-,10-/m1/s1. The molecule has 2 aliphatic heterocycles. The maximum atomic E-state index is 5.78. The molecular weight excluding hydrogens is 148 g/mol. The van der Waals surface area contributed by atoms with Crippen molar-refractivity contribution < 1.29 is 0 Å². The lowest BCUT2D eigenvalue weighted by Gasteiger charge is -2.44. The van der Waals surface area contributed by atoms with Crippen LogP contribution < -0.4 is 5.73 Å². The van der Waals surface area contributed by atoms with Gasteiger partial charge in [-0.25, -0.2) is 0 Å². The molecule has 2 rings (SSSR count). The number of nitrogens with two attached hydrogens (primary N) is 1. The van der Waals surface area contributed by atoms with Crippen molar-refractivity contribution in [2.24, 2.45) is 11.7 Å². The Morgan fingerprint density at radius 1 is 1.08 bits per heavy atom. The summed E-state index contributed by atoms with van der Waals surface area (Å²) in [6, 6.07) is 0.845. The van der Waals surface area contributed by atoms with Crippen molar-refractivity contribution in [2.75, 3.05) is 19.6 Å². The van der Waals surface area contributed by atoms with Crippen LogP contribution in [0.5, 0.6) is 0 Å². The molecule has 2 saturated heterocycles. The van der Waals surface area contributed by atoms with Gasteiger partial charge in [0.2, 0.25) is 0 Å². The van der Waals surface area contributed by atoms with Gasteiger partial charge in [0.1, 0.15) is 0 Å². The first-order valence-electron chi connectivity index (χ1n) is 5.36. The Morgan fingerprint density at radius 3 is 2.75 bits per heavy atom. The molecule has 0 amide bonds. The van der Waals surface area contributed by atoms with E-state index in [4.69, 9.17) is 5.73 Å². The van der Waals surface area contributed by atoms with E-state index < -0.39 is 0 Å². The highest BCUT2D eigenvalue weighted by atomic mass is 15.2. The number of hydrogen-bond acceptors (Lipinski definition) is 2. The van der Waals surface area contributed by atoms with Crippen LogP contribution in [-0.4, -0.2) is 30.6 Å². The number of fused-ring (bicyclic) bond motifs is 1. The van der Waals surface area contributed by atoms with Gasteiger partial charge in [0, 0.05) is 6.04 Å². The van der Waals surface area contributed by atoms with Gasteiger partial charge in [-0.2, -0.15) is 0 Å². The molecule has 0 spiro atoms. The molecule has 2 heterocycles. The quantitative estimate of drug-likeness (QED) is 0.637. The fourth-order valence-corrected chi connectivity index (χ4v) is 2.85. The van der Waals surface area contributed by atoms with Gasteiger partial charge in [0.25, 0.3) is 0 Å². The van der Waals surface area contributed by atoms with Crippen LogP contribution >= 0.6 is 0 Å². The first-order valence-corrected chi connectivity index (χ1v) is 5.36. The zero-order chi connectivity index (χ0) is 8.39. The van der Waals surface area contributed by atoms with Crippen LogP contribution in [0.25, 0.3) is 0 Å². The Bertz CT molecular complexity index is 138. The van der Waals surface area contributed by atoms with E-state index in [9.17, 15) is 0 Å². The molecule has 2 fully saturated rings. The van der Waals surface area contributed by atoms with Gasteiger partial charge in [0.15, 0.2) is 0 Å². The summed E-state index contributed by atoms with van der Waals surface area (Å²) in [5.41, 5.74) is 5.78. The summed E-state index contributed by atoms with van der Waals surface area (Å²) in [6.45, 7) is 3.57. The molecule has 0 bridgehead atoms. The lowest BCUT2D eigenvalue weighted by molar-refractivity contribution is 0.0632. The van der Waals surface area contributed by atoms with Gasteiger partial charge in [-0.3, -0.25) is 0 Å². The van der Waals surface area contributed by atoms with Gasteiger partial charge < -0.3 is 10.6 Å². The molecule has 2 atom stereocenters. The van der Waals surface area contributed by atoms with E-state index in [1.165, 1.54) is 45.2 Å². The van der Waals surface area contributed by atoms with E-state index in [0.717, 1.165) is 18.5 Å². The van der Waals surface area contributed by atoms with Crippen LogP contribution in [0.4, 0.5) is 0 Å². The molecular formula is C10H20N2. The largest absolute Gasteiger partial charge is 0.330 e. The first-order chi connectivity index (χ1) is 5.92. The molecule has 0 aromatic rings. The molecule has 0 aliphatic carbocycles. The Labute approximate surface area is 75.1 Å². The van der Waals surface area contributed by atoms with E-state index in [0.29, 0.717) is 0 Å². The molecule has 2 heteroatoms. The van der Waals surface area contributed by atoms with Crippen LogP contribution in [0.15, 0.2) is 0 Å². The summed E-state index contributed by atoms with van der Waals surface area (Å²) >= 11 is 0. The van der Waals surface area contributed by atoms with E-state index >= 15 is 0 Å². The summed E-state index contributed by atoms with van der Waals surface area (Å²) in [5.74, 6) is 0.805. The average molecular weight is 168 g/mol. The normalized spacial score (nSPS) is 37.8. The molecule has 0 aromatic carbocycles. The summed E-state index contributed by atoms with van der Waals surface area (Å²) in [4.78, 5) is 2.67. The van der Waals surface area contributed by atoms with Crippen LogP contribution in [0.2, 0.25) is 0 Å². The van der Waals surface area contributed by atoms with Crippen molar-refractivity contribution >= 4 is 0 Å². The number of piperidine rings is 2. The van der Waals surface area contributed by atoms with Crippen molar-refractivity contribution in [3.8, 4) is 0 Å². The average Bonchev–Trinajstić information content (AvgIpc) is 2.17. The van der Waals surface area contributed by atoms with Crippen molar-refractivity contribution in [2.45, 2.75) is 38.1 Å². The van der Waals surface area contributed by atoms with Crippen LogP contribution in [0, 0.1) is 5.92 Å². The predicted molar refractivity (Wildman–Crippen MR) is 51.0 cm³/mol. The minimum Gasteiger partial charge on any atom is -0.330 e. The van der Waals surface area contributed by atoms with Gasteiger partial charge in [-0.1, -0.05) is 6.42 Å². The maximum Gasteiger partial charge on any atom is 0.0136 e. The Morgan fingerprint density at radius 2 is 1.92 bits per heavy atom. The van der Waals surface area contributed by atoms with Crippen LogP contribution in [-0.2, 0) is 0 Å². The van der Waals surface area contributed by atoms with Crippen LogP contribution in [0.3, 0.4) is 0 Å². The molecule has 0 unspecified atom stereocenters. The van der Waals surface area contributed by atoms with E-state index in [2.05, 4.69) is 4.90 Å². The fourth-order valence-electron chi connectivity index (χ4n) is 2.85. The minimum absolute atomic E-state index is 0.805. The molecule has 0 radical (unpaired) electrons. The van der Waals surface area contributed by atoms with Crippen molar-refractivity contribution in [1.82, 2.24) is 4.90 Å². The summed E-state index contributed by atoms with van der Waals surface area (Å²) in [7, 11) is 0. The third-order valence-corrected chi connectivity index (χ3v) is 3.53. The SMILES string of the molecule is NC[C@H]1CCCN2CCCC[C@H]12. The lowest BCUT2D eigenvalue weighted by atomic mass is 9.84. The van der Waals surface area contributed by atoms with Gasteiger partial charge >= 0.3 is 0 Å². The van der Waals surface area contributed by atoms with E-state index in [1.807, 2.05) is 0 Å². The van der Waals surface area contributed by atoms with Gasteiger partial charge in [0.05, 0.1) is 0 Å². The second-order valence-corrected chi connectivity index (χ2v) is 4.24. The molecule has 12 heavy (non-hydrogen) atoms. The van der Waals surface area contributed by atoms with Crippen molar-refractivity contribution in [1.29, 1.82) is 0 Å². The molecule has 70 valence electrons. The van der Waals surface area contributed by atoms with E-state index in [1.54, 1.807) is 0 Å². The maximum absolute atomic E-state index is 5.78. The Kier molecular flexibility index (Phi) is 2.66. The third-order valence-electron chi connectivity index (χ3n) is 3.53. The van der Waals surface area contributed by atoms with Gasteiger partial charge in [-0.05, 0) is 51.2 Å². The summed E-state index contributed by atoms with van der Waals surface area (Å²) < 4.78 is 0. The molecule has 2 nitrogen and oxygen atoms in total. The summed E-state index contributed by atoms with van der Waals surface area (Å²) in [5, 5.41) is 0. The zero-order valence-corrected chi connectivity index (χ0v) is 7.84. The highest BCUT2D eigenvalue weighted by Gasteiger charge is 2.31. The van der Waals surface area contributed by atoms with E-state index in [-0.39, 0.29) is 0 Å². The van der Waals surface area contributed by atoms with Crippen LogP contribution in [0.1, 0.15) is 32.1 Å². The number of hydrogen-bond donors (Lipinski definition) is 1. The Hall–Kier alpha value is -0.0800. The first kappa shape index (κ1) is 8.52. The van der Waals surface area contributed by atoms with Gasteiger partial charge in [-0.15, -0.1) is 0 Å². The van der Waals surface area contributed by atoms with Crippen molar-refractivity contribution in [3.05, 3.63) is 0 Å². The second-order valence-electron chi connectivity index (χ2n) is 4.24.